The summed E-state index contributed by atoms with van der Waals surface area (Å²) in [5, 5.41) is 6.23. The number of anilines is 1. The van der Waals surface area contributed by atoms with Gasteiger partial charge in [-0.05, 0) is 54.4 Å². The van der Waals surface area contributed by atoms with Gasteiger partial charge in [0.25, 0.3) is 0 Å². The number of rotatable bonds is 8. The van der Waals surface area contributed by atoms with Crippen molar-refractivity contribution in [1.82, 2.24) is 5.32 Å². The first kappa shape index (κ1) is 21.2. The molecule has 0 aromatic heterocycles. The fourth-order valence-corrected chi connectivity index (χ4v) is 2.88. The Labute approximate surface area is 166 Å². The van der Waals surface area contributed by atoms with Gasteiger partial charge < -0.3 is 20.1 Å². The van der Waals surface area contributed by atoms with Crippen LogP contribution in [-0.2, 0) is 22.7 Å². The van der Waals surface area contributed by atoms with E-state index in [1.54, 1.807) is 7.11 Å². The Morgan fingerprint density at radius 3 is 2.48 bits per heavy atom. The second kappa shape index (κ2) is 10.3. The van der Waals surface area contributed by atoms with Gasteiger partial charge in [0.05, 0.1) is 20.3 Å². The van der Waals surface area contributed by atoms with E-state index in [0.717, 1.165) is 35.7 Å². The van der Waals surface area contributed by atoms with Crippen molar-refractivity contribution in [2.24, 2.45) is 11.8 Å². The Hall–Kier alpha value is -2.08. The van der Waals surface area contributed by atoms with Crippen LogP contribution in [0.4, 0.5) is 5.69 Å². The molecular formula is C21H27ClN2O3. The van der Waals surface area contributed by atoms with Crippen LogP contribution in [-0.4, -0.2) is 26.1 Å². The van der Waals surface area contributed by atoms with Crippen molar-refractivity contribution in [3.8, 4) is 5.75 Å². The monoisotopic (exact) mass is 390 g/mol. The average molecular weight is 391 g/mol. The van der Waals surface area contributed by atoms with Crippen LogP contribution in [0.15, 0.2) is 48.5 Å². The van der Waals surface area contributed by atoms with Gasteiger partial charge in [0, 0.05) is 11.6 Å². The lowest BCUT2D eigenvalue weighted by Crippen LogP contribution is -2.48. The van der Waals surface area contributed by atoms with Gasteiger partial charge in [-0.25, -0.2) is 0 Å². The van der Waals surface area contributed by atoms with E-state index in [9.17, 15) is 4.79 Å². The molecular weight excluding hydrogens is 364 g/mol. The van der Waals surface area contributed by atoms with Crippen LogP contribution in [0.25, 0.3) is 0 Å². The summed E-state index contributed by atoms with van der Waals surface area (Å²) >= 11 is 0. The van der Waals surface area contributed by atoms with Crippen LogP contribution in [0.2, 0.25) is 0 Å². The maximum atomic E-state index is 12.3. The highest BCUT2D eigenvalue weighted by molar-refractivity contribution is 5.92. The fourth-order valence-electron chi connectivity index (χ4n) is 2.88. The third-order valence-electron chi connectivity index (χ3n) is 4.82. The molecule has 0 bridgehead atoms. The maximum Gasteiger partial charge on any atom is 0.227 e. The molecule has 1 aliphatic heterocycles. The highest BCUT2D eigenvalue weighted by Crippen LogP contribution is 2.19. The van der Waals surface area contributed by atoms with Gasteiger partial charge in [0.1, 0.15) is 5.75 Å². The highest BCUT2D eigenvalue weighted by atomic mass is 35.5. The van der Waals surface area contributed by atoms with E-state index in [4.69, 9.17) is 9.47 Å². The molecule has 2 N–H and O–H groups in total. The van der Waals surface area contributed by atoms with Crippen molar-refractivity contribution < 1.29 is 14.3 Å². The molecule has 1 aliphatic rings. The van der Waals surface area contributed by atoms with Gasteiger partial charge >= 0.3 is 0 Å². The minimum atomic E-state index is 0. The Morgan fingerprint density at radius 2 is 1.85 bits per heavy atom. The van der Waals surface area contributed by atoms with Crippen LogP contribution in [0.3, 0.4) is 0 Å². The first-order valence-electron chi connectivity index (χ1n) is 8.97. The van der Waals surface area contributed by atoms with E-state index in [0.29, 0.717) is 19.1 Å². The molecule has 1 atom stereocenters. The van der Waals surface area contributed by atoms with Gasteiger partial charge in [-0.2, -0.15) is 0 Å². The van der Waals surface area contributed by atoms with E-state index in [2.05, 4.69) is 10.6 Å². The number of methoxy groups -OCH3 is 1. The molecule has 0 radical (unpaired) electrons. The van der Waals surface area contributed by atoms with Gasteiger partial charge in [0.2, 0.25) is 5.91 Å². The summed E-state index contributed by atoms with van der Waals surface area (Å²) < 4.78 is 10.9. The normalized spacial score (nSPS) is 14.6. The molecule has 146 valence electrons. The van der Waals surface area contributed by atoms with E-state index >= 15 is 0 Å². The summed E-state index contributed by atoms with van der Waals surface area (Å²) in [5.74, 6) is 1.37. The van der Waals surface area contributed by atoms with Crippen LogP contribution in [0, 0.1) is 11.8 Å². The number of benzene rings is 2. The van der Waals surface area contributed by atoms with Crippen LogP contribution in [0.5, 0.6) is 5.75 Å². The predicted octanol–water partition coefficient (Wildman–Crippen LogP) is 3.63. The van der Waals surface area contributed by atoms with Gasteiger partial charge in [-0.15, -0.1) is 12.4 Å². The quantitative estimate of drug-likeness (QED) is 0.722. The lowest BCUT2D eigenvalue weighted by molar-refractivity contribution is -0.121. The van der Waals surface area contributed by atoms with Gasteiger partial charge in [-0.1, -0.05) is 31.2 Å². The van der Waals surface area contributed by atoms with Crippen molar-refractivity contribution in [3.05, 3.63) is 59.7 Å². The van der Waals surface area contributed by atoms with E-state index in [-0.39, 0.29) is 24.2 Å². The van der Waals surface area contributed by atoms with Crippen molar-refractivity contribution in [3.63, 3.8) is 0 Å². The maximum absolute atomic E-state index is 12.3. The van der Waals surface area contributed by atoms with Crippen LogP contribution < -0.4 is 15.4 Å². The van der Waals surface area contributed by atoms with Crippen molar-refractivity contribution in [1.29, 1.82) is 0 Å². The summed E-state index contributed by atoms with van der Waals surface area (Å²) in [6, 6.07) is 15.7. The summed E-state index contributed by atoms with van der Waals surface area (Å²) in [6.45, 7) is 4.87. The molecule has 5 nitrogen and oxygen atoms in total. The molecule has 3 rings (SSSR count). The molecule has 0 aliphatic carbocycles. The fraction of sp³-hybridized carbons (Fsp3) is 0.381. The molecule has 0 spiro atoms. The molecule has 2 aromatic rings. The van der Waals surface area contributed by atoms with Crippen LogP contribution in [0.1, 0.15) is 18.1 Å². The minimum absolute atomic E-state index is 0. The SMILES string of the molecule is COc1ccc(COCc2cccc(NC(=O)C(C)C3CNC3)c2)cc1.Cl. The Bertz CT molecular complexity index is 732. The second-order valence-electron chi connectivity index (χ2n) is 6.74. The lowest BCUT2D eigenvalue weighted by atomic mass is 9.88. The number of carbonyl (C=O) groups excluding carboxylic acids is 1. The standard InChI is InChI=1S/C21H26N2O3.ClH/c1-15(18-11-22-12-18)21(24)23-19-5-3-4-17(10-19)14-26-13-16-6-8-20(25-2)9-7-16;/h3-10,15,18,22H,11-14H2,1-2H3,(H,23,24);1H. The highest BCUT2D eigenvalue weighted by Gasteiger charge is 2.28. The topological polar surface area (TPSA) is 59.6 Å². The molecule has 6 heteroatoms. The van der Waals surface area contributed by atoms with Crippen molar-refractivity contribution in [2.45, 2.75) is 20.1 Å². The number of hydrogen-bond donors (Lipinski definition) is 2. The average Bonchev–Trinajstić information content (AvgIpc) is 2.61. The Kier molecular flexibility index (Phi) is 8.10. The largest absolute Gasteiger partial charge is 0.497 e. The zero-order valence-corrected chi connectivity index (χ0v) is 16.6. The molecule has 0 saturated carbocycles. The number of ether oxygens (including phenoxy) is 2. The molecule has 1 saturated heterocycles. The predicted molar refractivity (Wildman–Crippen MR) is 109 cm³/mol. The number of amides is 1. The van der Waals surface area contributed by atoms with Crippen LogP contribution >= 0.6 is 12.4 Å². The van der Waals surface area contributed by atoms with E-state index in [1.807, 2.05) is 55.5 Å². The first-order valence-corrected chi connectivity index (χ1v) is 8.97. The number of halogens is 1. The summed E-state index contributed by atoms with van der Waals surface area (Å²) in [7, 11) is 1.65. The zero-order chi connectivity index (χ0) is 18.4. The van der Waals surface area contributed by atoms with E-state index < -0.39 is 0 Å². The second-order valence-corrected chi connectivity index (χ2v) is 6.74. The number of carbonyl (C=O) groups is 1. The van der Waals surface area contributed by atoms with Crippen molar-refractivity contribution >= 4 is 24.0 Å². The summed E-state index contributed by atoms with van der Waals surface area (Å²) in [4.78, 5) is 12.3. The van der Waals surface area contributed by atoms with E-state index in [1.165, 1.54) is 0 Å². The van der Waals surface area contributed by atoms with Crippen molar-refractivity contribution in [2.75, 3.05) is 25.5 Å². The molecule has 1 fully saturated rings. The van der Waals surface area contributed by atoms with Gasteiger partial charge in [0.15, 0.2) is 0 Å². The van der Waals surface area contributed by atoms with Gasteiger partial charge in [-0.3, -0.25) is 4.79 Å². The smallest absolute Gasteiger partial charge is 0.227 e. The zero-order valence-electron chi connectivity index (χ0n) is 15.7. The summed E-state index contributed by atoms with van der Waals surface area (Å²) in [5.41, 5.74) is 2.95. The molecule has 1 heterocycles. The Morgan fingerprint density at radius 1 is 1.15 bits per heavy atom. The minimum Gasteiger partial charge on any atom is -0.497 e. The molecule has 1 unspecified atom stereocenters. The molecule has 1 amide bonds. The number of nitrogens with one attached hydrogen (secondary N) is 2. The first-order chi connectivity index (χ1) is 12.7. The third-order valence-corrected chi connectivity index (χ3v) is 4.82. The molecule has 27 heavy (non-hydrogen) atoms. The lowest BCUT2D eigenvalue weighted by Gasteiger charge is -2.31. The third kappa shape index (κ3) is 5.96. The summed E-state index contributed by atoms with van der Waals surface area (Å²) in [6.07, 6.45) is 0. The number of hydrogen-bond acceptors (Lipinski definition) is 4. The molecule has 2 aromatic carbocycles. The Balaban J connectivity index is 0.00000261.